The van der Waals surface area contributed by atoms with Gasteiger partial charge in [0.15, 0.2) is 11.7 Å². The minimum absolute atomic E-state index is 0.0586. The van der Waals surface area contributed by atoms with Crippen LogP contribution in [-0.4, -0.2) is 37.3 Å². The zero-order valence-corrected chi connectivity index (χ0v) is 21.0. The van der Waals surface area contributed by atoms with Crippen molar-refractivity contribution in [1.29, 1.82) is 0 Å². The molecule has 3 aromatic rings. The molecule has 1 aromatic heterocycles. The van der Waals surface area contributed by atoms with Crippen LogP contribution in [0.3, 0.4) is 0 Å². The van der Waals surface area contributed by atoms with Crippen LogP contribution in [0.15, 0.2) is 47.8 Å². The average molecular weight is 499 g/mol. The fraction of sp³-hybridized carbons (Fsp3) is 0.240. The van der Waals surface area contributed by atoms with E-state index in [0.717, 1.165) is 16.7 Å². The number of carbonyl (C=O) groups excluding carboxylic acids is 2. The van der Waals surface area contributed by atoms with Gasteiger partial charge in [-0.15, -0.1) is 11.3 Å². The highest BCUT2D eigenvalue weighted by molar-refractivity contribution is 7.80. The Labute approximate surface area is 208 Å². The Balaban J connectivity index is 1.71. The molecule has 1 amide bonds. The van der Waals surface area contributed by atoms with Crippen molar-refractivity contribution < 1.29 is 23.8 Å². The minimum Gasteiger partial charge on any atom is -0.497 e. The lowest BCUT2D eigenvalue weighted by Gasteiger charge is -2.12. The second-order valence-electron chi connectivity index (χ2n) is 7.36. The third-order valence-electron chi connectivity index (χ3n) is 4.85. The monoisotopic (exact) mass is 498 g/mol. The first-order valence-electron chi connectivity index (χ1n) is 10.6. The first-order valence-corrected chi connectivity index (χ1v) is 11.8. The Kier molecular flexibility index (Phi) is 8.61. The van der Waals surface area contributed by atoms with E-state index in [1.54, 1.807) is 14.0 Å². The van der Waals surface area contributed by atoms with E-state index >= 15 is 0 Å². The van der Waals surface area contributed by atoms with E-state index in [1.807, 2.05) is 61.7 Å². The zero-order valence-electron chi connectivity index (χ0n) is 19.4. The SMILES string of the molecule is CCOC(=O)c1c(-c2ccc(OC)cc2)csc1NC(=S)NC(=O)COc1cc(C)ccc1C. The molecule has 0 saturated heterocycles. The van der Waals surface area contributed by atoms with E-state index < -0.39 is 11.9 Å². The lowest BCUT2D eigenvalue weighted by atomic mass is 10.0. The number of esters is 1. The van der Waals surface area contributed by atoms with Crippen LogP contribution >= 0.6 is 23.6 Å². The Morgan fingerprint density at radius 2 is 1.82 bits per heavy atom. The van der Waals surface area contributed by atoms with Gasteiger partial charge in [0.05, 0.1) is 13.7 Å². The number of thiophene rings is 1. The number of rotatable bonds is 8. The van der Waals surface area contributed by atoms with E-state index in [2.05, 4.69) is 10.6 Å². The van der Waals surface area contributed by atoms with Gasteiger partial charge in [-0.25, -0.2) is 4.79 Å². The molecular formula is C25H26N2O5S2. The highest BCUT2D eigenvalue weighted by Crippen LogP contribution is 2.36. The first kappa shape index (κ1) is 25.2. The summed E-state index contributed by atoms with van der Waals surface area (Å²) in [5, 5.41) is 7.91. The molecule has 0 spiro atoms. The third-order valence-corrected chi connectivity index (χ3v) is 5.95. The van der Waals surface area contributed by atoms with Crippen molar-refractivity contribution in [2.24, 2.45) is 0 Å². The summed E-state index contributed by atoms with van der Waals surface area (Å²) in [5.74, 6) is 0.454. The largest absolute Gasteiger partial charge is 0.497 e. The number of aryl methyl sites for hydroxylation is 2. The number of anilines is 1. The van der Waals surface area contributed by atoms with Gasteiger partial charge in [-0.2, -0.15) is 0 Å². The molecule has 2 N–H and O–H groups in total. The summed E-state index contributed by atoms with van der Waals surface area (Å²) in [7, 11) is 1.59. The molecule has 0 aliphatic heterocycles. The number of hydrogen-bond acceptors (Lipinski definition) is 7. The summed E-state index contributed by atoms with van der Waals surface area (Å²) < 4.78 is 16.1. The molecule has 0 saturated carbocycles. The molecule has 9 heteroatoms. The number of methoxy groups -OCH3 is 1. The molecule has 0 radical (unpaired) electrons. The van der Waals surface area contributed by atoms with Crippen molar-refractivity contribution in [2.45, 2.75) is 20.8 Å². The Morgan fingerprint density at radius 1 is 1.09 bits per heavy atom. The second-order valence-corrected chi connectivity index (χ2v) is 8.65. The average Bonchev–Trinajstić information content (AvgIpc) is 3.23. The first-order chi connectivity index (χ1) is 16.3. The summed E-state index contributed by atoms with van der Waals surface area (Å²) in [6.07, 6.45) is 0. The zero-order chi connectivity index (χ0) is 24.7. The van der Waals surface area contributed by atoms with Gasteiger partial charge >= 0.3 is 5.97 Å². The van der Waals surface area contributed by atoms with Gasteiger partial charge in [0.1, 0.15) is 22.1 Å². The molecule has 0 fully saturated rings. The van der Waals surface area contributed by atoms with Crippen molar-refractivity contribution in [3.8, 4) is 22.6 Å². The normalized spacial score (nSPS) is 10.4. The predicted octanol–water partition coefficient (Wildman–Crippen LogP) is 5.11. The van der Waals surface area contributed by atoms with E-state index in [0.29, 0.717) is 27.6 Å². The van der Waals surface area contributed by atoms with Gasteiger partial charge in [0.25, 0.3) is 5.91 Å². The van der Waals surface area contributed by atoms with Crippen LogP contribution < -0.4 is 20.1 Å². The van der Waals surface area contributed by atoms with E-state index in [-0.39, 0.29) is 18.3 Å². The summed E-state index contributed by atoms with van der Waals surface area (Å²) in [4.78, 5) is 25.1. The minimum atomic E-state index is -0.482. The number of ether oxygens (including phenoxy) is 3. The van der Waals surface area contributed by atoms with Gasteiger partial charge in [-0.05, 0) is 67.9 Å². The fourth-order valence-corrected chi connectivity index (χ4v) is 4.38. The molecule has 2 aromatic carbocycles. The van der Waals surface area contributed by atoms with Crippen molar-refractivity contribution in [2.75, 3.05) is 25.6 Å². The Bertz CT molecular complexity index is 1190. The summed E-state index contributed by atoms with van der Waals surface area (Å²) in [5.41, 5.74) is 3.84. The van der Waals surface area contributed by atoms with E-state index in [1.165, 1.54) is 11.3 Å². The van der Waals surface area contributed by atoms with E-state index in [4.69, 9.17) is 26.4 Å². The molecule has 0 aliphatic rings. The molecule has 0 aliphatic carbocycles. The number of benzene rings is 2. The van der Waals surface area contributed by atoms with Crippen LogP contribution in [0.2, 0.25) is 0 Å². The number of carbonyl (C=O) groups is 2. The molecule has 0 bridgehead atoms. The maximum atomic E-state index is 12.7. The predicted molar refractivity (Wildman–Crippen MR) is 138 cm³/mol. The molecule has 178 valence electrons. The summed E-state index contributed by atoms with van der Waals surface area (Å²) >= 11 is 6.59. The molecule has 7 nitrogen and oxygen atoms in total. The maximum Gasteiger partial charge on any atom is 0.341 e. The van der Waals surface area contributed by atoms with Gasteiger partial charge in [-0.3, -0.25) is 10.1 Å². The van der Waals surface area contributed by atoms with Gasteiger partial charge in [-0.1, -0.05) is 24.3 Å². The van der Waals surface area contributed by atoms with Gasteiger partial charge < -0.3 is 19.5 Å². The molecule has 3 rings (SSSR count). The lowest BCUT2D eigenvalue weighted by molar-refractivity contribution is -0.121. The molecule has 1 heterocycles. The topological polar surface area (TPSA) is 85.9 Å². The molecular weight excluding hydrogens is 472 g/mol. The smallest absolute Gasteiger partial charge is 0.341 e. The maximum absolute atomic E-state index is 12.7. The summed E-state index contributed by atoms with van der Waals surface area (Å²) in [6, 6.07) is 13.1. The number of nitrogens with one attached hydrogen (secondary N) is 2. The molecule has 0 atom stereocenters. The molecule has 34 heavy (non-hydrogen) atoms. The number of thiocarbonyl (C=S) groups is 1. The fourth-order valence-electron chi connectivity index (χ4n) is 3.14. The van der Waals surface area contributed by atoms with Crippen LogP contribution in [0.5, 0.6) is 11.5 Å². The van der Waals surface area contributed by atoms with Crippen molar-refractivity contribution >= 4 is 45.5 Å². The van der Waals surface area contributed by atoms with Crippen LogP contribution in [0, 0.1) is 13.8 Å². The van der Waals surface area contributed by atoms with Crippen molar-refractivity contribution in [3.05, 3.63) is 64.5 Å². The highest BCUT2D eigenvalue weighted by atomic mass is 32.1. The Morgan fingerprint density at radius 3 is 2.50 bits per heavy atom. The summed E-state index contributed by atoms with van der Waals surface area (Å²) in [6.45, 7) is 5.64. The quantitative estimate of drug-likeness (QED) is 0.330. The van der Waals surface area contributed by atoms with Crippen LogP contribution in [0.25, 0.3) is 11.1 Å². The van der Waals surface area contributed by atoms with Crippen LogP contribution in [-0.2, 0) is 9.53 Å². The standard InChI is InChI=1S/C25H26N2O5S2/c1-5-31-24(29)22-19(17-8-10-18(30-4)11-9-17)14-34-23(22)27-25(33)26-21(28)13-32-20-12-15(2)6-7-16(20)3/h6-12,14H,5,13H2,1-4H3,(H2,26,27,28,33). The number of hydrogen-bond donors (Lipinski definition) is 2. The van der Waals surface area contributed by atoms with E-state index in [9.17, 15) is 9.59 Å². The van der Waals surface area contributed by atoms with Gasteiger partial charge in [0, 0.05) is 10.9 Å². The van der Waals surface area contributed by atoms with Crippen molar-refractivity contribution in [1.82, 2.24) is 5.32 Å². The van der Waals surface area contributed by atoms with Gasteiger partial charge in [0.2, 0.25) is 0 Å². The highest BCUT2D eigenvalue weighted by Gasteiger charge is 2.22. The third kappa shape index (κ3) is 6.33. The second kappa shape index (κ2) is 11.6. The van der Waals surface area contributed by atoms with Crippen LogP contribution in [0.4, 0.5) is 5.00 Å². The lowest BCUT2D eigenvalue weighted by Crippen LogP contribution is -2.37. The Hall–Kier alpha value is -3.43. The molecule has 0 unspecified atom stereocenters. The number of amides is 1. The van der Waals surface area contributed by atoms with Crippen molar-refractivity contribution in [3.63, 3.8) is 0 Å². The van der Waals surface area contributed by atoms with Crippen LogP contribution in [0.1, 0.15) is 28.4 Å².